The third-order valence-corrected chi connectivity index (χ3v) is 3.21. The second-order valence-corrected chi connectivity index (χ2v) is 4.58. The zero-order valence-electron chi connectivity index (χ0n) is 12.5. The van der Waals surface area contributed by atoms with Crippen molar-refractivity contribution in [2.75, 3.05) is 21.3 Å². The summed E-state index contributed by atoms with van der Waals surface area (Å²) in [5.74, 6) is -0.844. The Morgan fingerprint density at radius 3 is 2.65 bits per heavy atom. The predicted octanol–water partition coefficient (Wildman–Crippen LogP) is 2.57. The molecule has 20 heavy (non-hydrogen) atoms. The molecule has 5 heteroatoms. The summed E-state index contributed by atoms with van der Waals surface area (Å²) < 4.78 is 20.8. The Morgan fingerprint density at radius 1 is 1.30 bits per heavy atom. The molecule has 1 heterocycles. The topological polar surface area (TPSA) is 54.0 Å². The van der Waals surface area contributed by atoms with Crippen LogP contribution in [0.2, 0.25) is 0 Å². The Kier molecular flexibility index (Phi) is 7.51. The quantitative estimate of drug-likeness (QED) is 0.370. The van der Waals surface area contributed by atoms with Crippen LogP contribution in [0.15, 0.2) is 24.3 Å². The molecule has 0 radical (unpaired) electrons. The molecule has 1 rings (SSSR count). The van der Waals surface area contributed by atoms with E-state index in [4.69, 9.17) is 14.2 Å². The van der Waals surface area contributed by atoms with Crippen LogP contribution in [-0.4, -0.2) is 39.4 Å². The molecule has 0 amide bonds. The summed E-state index contributed by atoms with van der Waals surface area (Å²) in [7, 11) is 4.63. The van der Waals surface area contributed by atoms with Gasteiger partial charge in [0.15, 0.2) is 12.1 Å². The van der Waals surface area contributed by atoms with Gasteiger partial charge < -0.3 is 18.9 Å². The normalized spacial score (nSPS) is 25.4. The van der Waals surface area contributed by atoms with E-state index < -0.39 is 5.79 Å². The minimum atomic E-state index is -0.683. The number of unbranched alkanes of at least 4 members (excludes halogenated alkanes) is 1. The Balaban J connectivity index is 2.19. The first-order valence-electron chi connectivity index (χ1n) is 6.82. The number of methoxy groups -OCH3 is 3. The largest absolute Gasteiger partial charge is 0.469 e. The molecule has 5 nitrogen and oxygen atoms in total. The summed E-state index contributed by atoms with van der Waals surface area (Å²) in [6.45, 7) is 0. The molecule has 1 aliphatic rings. The molecule has 0 fully saturated rings. The fraction of sp³-hybridized carbons (Fsp3) is 0.667. The lowest BCUT2D eigenvalue weighted by molar-refractivity contribution is -0.244. The number of hydrogen-bond donors (Lipinski definition) is 0. The smallest absolute Gasteiger partial charge is 0.305 e. The third kappa shape index (κ3) is 5.45. The summed E-state index contributed by atoms with van der Waals surface area (Å²) in [6.07, 6.45) is 11.3. The highest BCUT2D eigenvalue weighted by atomic mass is 16.8. The van der Waals surface area contributed by atoms with Crippen molar-refractivity contribution in [1.82, 2.24) is 0 Å². The van der Waals surface area contributed by atoms with Crippen LogP contribution in [0, 0.1) is 0 Å². The van der Waals surface area contributed by atoms with Crippen LogP contribution in [0.5, 0.6) is 0 Å². The number of allylic oxidation sites excluding steroid dienone is 2. The third-order valence-electron chi connectivity index (χ3n) is 3.21. The van der Waals surface area contributed by atoms with Crippen molar-refractivity contribution in [3.05, 3.63) is 24.3 Å². The molecule has 0 aromatic carbocycles. The number of ether oxygens (including phenoxy) is 4. The van der Waals surface area contributed by atoms with E-state index in [1.807, 2.05) is 12.2 Å². The monoisotopic (exact) mass is 284 g/mol. The fourth-order valence-electron chi connectivity index (χ4n) is 1.97. The van der Waals surface area contributed by atoms with Crippen molar-refractivity contribution in [3.8, 4) is 0 Å². The Bertz CT molecular complexity index is 350. The van der Waals surface area contributed by atoms with Crippen LogP contribution in [0.1, 0.15) is 32.1 Å². The molecule has 0 aromatic rings. The van der Waals surface area contributed by atoms with Crippen molar-refractivity contribution in [3.63, 3.8) is 0 Å². The van der Waals surface area contributed by atoms with Gasteiger partial charge in [-0.25, -0.2) is 0 Å². The second kappa shape index (κ2) is 8.89. The Hall–Kier alpha value is -1.17. The number of carbonyl (C=O) groups excluding carboxylic acids is 1. The van der Waals surface area contributed by atoms with Gasteiger partial charge in [0.2, 0.25) is 0 Å². The molecule has 2 atom stereocenters. The number of esters is 1. The molecule has 0 aliphatic carbocycles. The minimum Gasteiger partial charge on any atom is -0.469 e. The van der Waals surface area contributed by atoms with Crippen molar-refractivity contribution in [2.24, 2.45) is 0 Å². The molecule has 2 unspecified atom stereocenters. The van der Waals surface area contributed by atoms with E-state index >= 15 is 0 Å². The van der Waals surface area contributed by atoms with Crippen molar-refractivity contribution < 1.29 is 23.7 Å². The van der Waals surface area contributed by atoms with Crippen LogP contribution in [0.3, 0.4) is 0 Å². The Labute approximate surface area is 120 Å². The maximum atomic E-state index is 10.9. The second-order valence-electron chi connectivity index (χ2n) is 4.58. The zero-order chi connectivity index (χ0) is 14.8. The molecular formula is C15H24O5. The average Bonchev–Trinajstić information content (AvgIpc) is 2.90. The first-order chi connectivity index (χ1) is 9.65. The summed E-state index contributed by atoms with van der Waals surface area (Å²) in [4.78, 5) is 10.9. The lowest BCUT2D eigenvalue weighted by Crippen LogP contribution is -2.32. The number of carbonyl (C=O) groups is 1. The highest BCUT2D eigenvalue weighted by Crippen LogP contribution is 2.29. The molecule has 0 saturated heterocycles. The number of hydrogen-bond acceptors (Lipinski definition) is 5. The summed E-state index contributed by atoms with van der Waals surface area (Å²) in [5, 5.41) is 0. The zero-order valence-corrected chi connectivity index (χ0v) is 12.5. The maximum Gasteiger partial charge on any atom is 0.305 e. The summed E-state index contributed by atoms with van der Waals surface area (Å²) >= 11 is 0. The van der Waals surface area contributed by atoms with Gasteiger partial charge in [-0.3, -0.25) is 4.79 Å². The van der Waals surface area contributed by atoms with Gasteiger partial charge in [0, 0.05) is 27.1 Å². The molecule has 0 N–H and O–H groups in total. The lowest BCUT2D eigenvalue weighted by Gasteiger charge is -2.26. The molecule has 0 spiro atoms. The standard InChI is InChI=1S/C15H24O5/c1-17-13(16)9-7-5-4-6-8-11-15(19-3)12-10-14(18-2)20-15/h4,6,10,12,14H,5,7-9,11H2,1-3H3/b6-4-. The van der Waals surface area contributed by atoms with E-state index in [2.05, 4.69) is 16.9 Å². The van der Waals surface area contributed by atoms with Crippen LogP contribution >= 0.6 is 0 Å². The van der Waals surface area contributed by atoms with Crippen LogP contribution in [-0.2, 0) is 23.7 Å². The van der Waals surface area contributed by atoms with Crippen molar-refractivity contribution in [1.29, 1.82) is 0 Å². The van der Waals surface area contributed by atoms with E-state index in [0.29, 0.717) is 6.42 Å². The first kappa shape index (κ1) is 16.9. The lowest BCUT2D eigenvalue weighted by atomic mass is 10.1. The van der Waals surface area contributed by atoms with Crippen LogP contribution < -0.4 is 0 Å². The molecule has 0 bridgehead atoms. The molecular weight excluding hydrogens is 260 g/mol. The highest BCUT2D eigenvalue weighted by molar-refractivity contribution is 5.68. The van der Waals surface area contributed by atoms with Crippen molar-refractivity contribution >= 4 is 5.97 Å². The van der Waals surface area contributed by atoms with E-state index in [-0.39, 0.29) is 12.3 Å². The van der Waals surface area contributed by atoms with Gasteiger partial charge in [-0.05, 0) is 31.4 Å². The van der Waals surface area contributed by atoms with Gasteiger partial charge in [-0.15, -0.1) is 0 Å². The van der Waals surface area contributed by atoms with Gasteiger partial charge in [0.05, 0.1) is 7.11 Å². The molecule has 0 saturated carbocycles. The minimum absolute atomic E-state index is 0.160. The molecule has 114 valence electrons. The highest BCUT2D eigenvalue weighted by Gasteiger charge is 2.34. The molecule has 1 aliphatic heterocycles. The van der Waals surface area contributed by atoms with Gasteiger partial charge in [0.25, 0.3) is 0 Å². The molecule has 0 aromatic heterocycles. The van der Waals surface area contributed by atoms with E-state index in [9.17, 15) is 4.79 Å². The van der Waals surface area contributed by atoms with Crippen molar-refractivity contribution in [2.45, 2.75) is 44.2 Å². The van der Waals surface area contributed by atoms with E-state index in [1.54, 1.807) is 14.2 Å². The number of rotatable bonds is 9. The van der Waals surface area contributed by atoms with E-state index in [0.717, 1.165) is 25.7 Å². The SMILES string of the molecule is COC(=O)CCC/C=C\CCC1(OC)C=CC(OC)O1. The van der Waals surface area contributed by atoms with Crippen LogP contribution in [0.4, 0.5) is 0 Å². The maximum absolute atomic E-state index is 10.9. The van der Waals surface area contributed by atoms with Gasteiger partial charge >= 0.3 is 5.97 Å². The van der Waals surface area contributed by atoms with Gasteiger partial charge in [-0.1, -0.05) is 12.2 Å². The first-order valence-corrected chi connectivity index (χ1v) is 6.82. The predicted molar refractivity (Wildman–Crippen MR) is 75.0 cm³/mol. The summed E-state index contributed by atoms with van der Waals surface area (Å²) in [6, 6.07) is 0. The summed E-state index contributed by atoms with van der Waals surface area (Å²) in [5.41, 5.74) is 0. The van der Waals surface area contributed by atoms with Gasteiger partial charge in [0.1, 0.15) is 0 Å². The van der Waals surface area contributed by atoms with Crippen LogP contribution in [0.25, 0.3) is 0 Å². The Morgan fingerprint density at radius 2 is 2.05 bits per heavy atom. The average molecular weight is 284 g/mol. The van der Waals surface area contributed by atoms with E-state index in [1.165, 1.54) is 7.11 Å². The van der Waals surface area contributed by atoms with Gasteiger partial charge in [-0.2, -0.15) is 0 Å². The fourth-order valence-corrected chi connectivity index (χ4v) is 1.97.